The smallest absolute Gasteiger partial charge is 0.234 e. The van der Waals surface area contributed by atoms with Crippen LogP contribution in [-0.4, -0.2) is 35.3 Å². The van der Waals surface area contributed by atoms with E-state index in [2.05, 4.69) is 47.8 Å². The topological polar surface area (TPSA) is 74.0 Å². The number of halogens is 1. The first kappa shape index (κ1) is 26.8. The van der Waals surface area contributed by atoms with E-state index in [0.29, 0.717) is 12.2 Å². The normalized spacial score (nSPS) is 18.5. The maximum Gasteiger partial charge on any atom is 0.234 e. The van der Waals surface area contributed by atoms with Gasteiger partial charge < -0.3 is 10.2 Å². The van der Waals surface area contributed by atoms with Gasteiger partial charge in [-0.15, -0.1) is 12.4 Å². The van der Waals surface area contributed by atoms with E-state index in [4.69, 9.17) is 5.10 Å². The fourth-order valence-corrected chi connectivity index (χ4v) is 6.72. The molecule has 0 aliphatic carbocycles. The molecule has 204 valence electrons. The highest BCUT2D eigenvalue weighted by molar-refractivity contribution is 6.02. The first-order valence-electron chi connectivity index (χ1n) is 13.8. The molecule has 2 fully saturated rings. The predicted octanol–water partition coefficient (Wildman–Crippen LogP) is 5.89. The Kier molecular flexibility index (Phi) is 6.86. The van der Waals surface area contributed by atoms with E-state index >= 15 is 0 Å². The van der Waals surface area contributed by atoms with E-state index in [1.54, 1.807) is 0 Å². The summed E-state index contributed by atoms with van der Waals surface area (Å²) in [6.07, 6.45) is 1.72. The van der Waals surface area contributed by atoms with Gasteiger partial charge in [0.05, 0.1) is 10.9 Å². The molecule has 1 aromatic heterocycles. The van der Waals surface area contributed by atoms with Gasteiger partial charge in [-0.1, -0.05) is 91.0 Å². The van der Waals surface area contributed by atoms with E-state index in [1.165, 1.54) is 0 Å². The summed E-state index contributed by atoms with van der Waals surface area (Å²) in [7, 11) is 0. The Hall–Kier alpha value is -4.44. The lowest BCUT2D eigenvalue weighted by molar-refractivity contribution is -0.124. The van der Waals surface area contributed by atoms with Crippen LogP contribution < -0.4 is 10.2 Å². The highest BCUT2D eigenvalue weighted by Crippen LogP contribution is 2.44. The highest BCUT2D eigenvalue weighted by Gasteiger charge is 2.49. The van der Waals surface area contributed by atoms with Gasteiger partial charge in [0, 0.05) is 24.2 Å². The zero-order chi connectivity index (χ0) is 27.2. The fourth-order valence-electron chi connectivity index (χ4n) is 6.72. The lowest BCUT2D eigenvalue weighted by Gasteiger charge is -2.37. The summed E-state index contributed by atoms with van der Waals surface area (Å²) in [6, 6.07) is 39.3. The van der Waals surface area contributed by atoms with Gasteiger partial charge in [0.25, 0.3) is 0 Å². The van der Waals surface area contributed by atoms with Gasteiger partial charge in [0.2, 0.25) is 5.91 Å². The number of carbonyl (C=O) groups excluding carboxylic acids is 1. The molecule has 0 bridgehead atoms. The Balaban J connectivity index is 0.00000302. The molecule has 2 saturated heterocycles. The van der Waals surface area contributed by atoms with E-state index in [1.807, 2.05) is 82.4 Å². The lowest BCUT2D eigenvalue weighted by atomic mass is 9.77. The summed E-state index contributed by atoms with van der Waals surface area (Å²) in [4.78, 5) is 15.4. The molecule has 0 radical (unpaired) electrons. The first-order chi connectivity index (χ1) is 19.7. The van der Waals surface area contributed by atoms with Crippen molar-refractivity contribution in [3.8, 4) is 6.07 Å². The van der Waals surface area contributed by atoms with Crippen LogP contribution in [0.3, 0.4) is 0 Å². The third kappa shape index (κ3) is 4.04. The van der Waals surface area contributed by atoms with Crippen LogP contribution in [-0.2, 0) is 10.3 Å². The van der Waals surface area contributed by atoms with Crippen LogP contribution >= 0.6 is 12.4 Å². The lowest BCUT2D eigenvalue weighted by Crippen LogP contribution is -2.38. The molecule has 4 aromatic carbocycles. The van der Waals surface area contributed by atoms with Crippen molar-refractivity contribution < 1.29 is 4.79 Å². The molecule has 3 heterocycles. The van der Waals surface area contributed by atoms with Crippen LogP contribution in [0.4, 0.5) is 5.69 Å². The number of nitrogens with zero attached hydrogens (tertiary/aromatic N) is 4. The minimum atomic E-state index is -0.832. The molecule has 1 amide bonds. The van der Waals surface area contributed by atoms with E-state index in [0.717, 1.165) is 59.2 Å². The number of nitriles is 1. The second-order valence-corrected chi connectivity index (χ2v) is 10.8. The molecule has 1 unspecified atom stereocenters. The van der Waals surface area contributed by atoms with E-state index in [9.17, 15) is 10.1 Å². The average Bonchev–Trinajstić information content (AvgIpc) is 3.73. The second-order valence-electron chi connectivity index (χ2n) is 10.8. The summed E-state index contributed by atoms with van der Waals surface area (Å²) in [5.74, 6) is 0.176. The quantitative estimate of drug-likeness (QED) is 0.273. The third-order valence-corrected chi connectivity index (χ3v) is 8.73. The molecular weight excluding hydrogens is 530 g/mol. The minimum Gasteiger partial charge on any atom is -0.316 e. The van der Waals surface area contributed by atoms with Crippen LogP contribution in [0.2, 0.25) is 0 Å². The molecule has 7 rings (SSSR count). The minimum absolute atomic E-state index is 0. The molecular formula is C34H30ClN5O. The van der Waals surface area contributed by atoms with Crippen LogP contribution in [0.1, 0.15) is 35.2 Å². The van der Waals surface area contributed by atoms with Gasteiger partial charge in [0.15, 0.2) is 5.69 Å². The van der Waals surface area contributed by atoms with Crippen molar-refractivity contribution in [1.82, 2.24) is 15.1 Å². The first-order valence-corrected chi connectivity index (χ1v) is 13.8. The number of nitrogens with one attached hydrogen (secondary N) is 1. The molecule has 1 atom stereocenters. The van der Waals surface area contributed by atoms with Crippen LogP contribution in [0.15, 0.2) is 109 Å². The van der Waals surface area contributed by atoms with Gasteiger partial charge in [-0.2, -0.15) is 10.4 Å². The summed E-state index contributed by atoms with van der Waals surface area (Å²) in [5.41, 5.74) is 3.97. The van der Waals surface area contributed by atoms with Gasteiger partial charge in [0.1, 0.15) is 11.6 Å². The van der Waals surface area contributed by atoms with Gasteiger partial charge in [-0.25, -0.2) is 4.68 Å². The number of aromatic nitrogens is 2. The molecule has 7 heteroatoms. The largest absolute Gasteiger partial charge is 0.316 e. The molecule has 1 spiro atoms. The van der Waals surface area contributed by atoms with Crippen LogP contribution in [0.25, 0.3) is 10.9 Å². The predicted molar refractivity (Wildman–Crippen MR) is 163 cm³/mol. The Bertz CT molecular complexity index is 1640. The Morgan fingerprint density at radius 1 is 0.829 bits per heavy atom. The Labute approximate surface area is 245 Å². The van der Waals surface area contributed by atoms with E-state index < -0.39 is 5.54 Å². The van der Waals surface area contributed by atoms with E-state index in [-0.39, 0.29) is 23.7 Å². The van der Waals surface area contributed by atoms with Crippen molar-refractivity contribution in [2.75, 3.05) is 24.5 Å². The molecule has 2 aliphatic heterocycles. The SMILES string of the molecule is Cl.N#Cc1nn(C(c2ccccc2)(c2ccccc2)c2ccccc2)c2ccc(N3CCC4(CCNC4)C3=O)cc12. The second kappa shape index (κ2) is 10.5. The van der Waals surface area contributed by atoms with Gasteiger partial charge in [-0.3, -0.25) is 4.79 Å². The highest BCUT2D eigenvalue weighted by atomic mass is 35.5. The number of anilines is 1. The standard InChI is InChI=1S/C34H29N5O.ClH/c35-23-30-29-22-28(38-21-19-33(32(38)40)18-20-36-24-33)16-17-31(29)39(37-30)34(25-10-4-1-5-11-25,26-12-6-2-7-13-26)27-14-8-3-9-15-27;/h1-17,22,36H,18-21,24H2;1H. The molecule has 41 heavy (non-hydrogen) atoms. The number of hydrogen-bond donors (Lipinski definition) is 1. The maximum absolute atomic E-state index is 13.5. The van der Waals surface area contributed by atoms with Crippen molar-refractivity contribution in [3.05, 3.63) is 132 Å². The van der Waals surface area contributed by atoms with Crippen molar-refractivity contribution in [1.29, 1.82) is 5.26 Å². The number of fused-ring (bicyclic) bond motifs is 1. The van der Waals surface area contributed by atoms with Gasteiger partial charge in [-0.05, 0) is 54.3 Å². The molecule has 2 aliphatic rings. The number of amides is 1. The average molecular weight is 560 g/mol. The molecule has 1 N–H and O–H groups in total. The van der Waals surface area contributed by atoms with Crippen molar-refractivity contribution >= 4 is 34.9 Å². The third-order valence-electron chi connectivity index (χ3n) is 8.73. The van der Waals surface area contributed by atoms with Gasteiger partial charge >= 0.3 is 0 Å². The maximum atomic E-state index is 13.5. The summed E-state index contributed by atoms with van der Waals surface area (Å²) in [6.45, 7) is 2.30. The Morgan fingerprint density at radius 3 is 1.93 bits per heavy atom. The summed E-state index contributed by atoms with van der Waals surface area (Å²) in [5, 5.41) is 19.4. The summed E-state index contributed by atoms with van der Waals surface area (Å²) < 4.78 is 2.00. The zero-order valence-corrected chi connectivity index (χ0v) is 23.3. The molecule has 5 aromatic rings. The zero-order valence-electron chi connectivity index (χ0n) is 22.5. The fraction of sp³-hybridized carbons (Fsp3) is 0.206. The number of rotatable bonds is 5. The van der Waals surface area contributed by atoms with Crippen molar-refractivity contribution in [2.45, 2.75) is 18.4 Å². The van der Waals surface area contributed by atoms with Crippen LogP contribution in [0, 0.1) is 16.7 Å². The number of carbonyl (C=O) groups is 1. The molecule has 6 nitrogen and oxygen atoms in total. The number of hydrogen-bond acceptors (Lipinski definition) is 4. The summed E-state index contributed by atoms with van der Waals surface area (Å²) >= 11 is 0. The number of benzene rings is 4. The van der Waals surface area contributed by atoms with Crippen molar-refractivity contribution in [2.24, 2.45) is 5.41 Å². The Morgan fingerprint density at radius 2 is 1.41 bits per heavy atom. The monoisotopic (exact) mass is 559 g/mol. The van der Waals surface area contributed by atoms with Crippen molar-refractivity contribution in [3.63, 3.8) is 0 Å². The van der Waals surface area contributed by atoms with Crippen LogP contribution in [0.5, 0.6) is 0 Å². The molecule has 0 saturated carbocycles.